The molecule has 0 bridgehead atoms. The van der Waals surface area contributed by atoms with Gasteiger partial charge in [0.25, 0.3) is 5.56 Å². The minimum atomic E-state index is -0.109. The molecule has 2 heterocycles. The molecule has 0 atom stereocenters. The third-order valence-electron chi connectivity index (χ3n) is 2.88. The zero-order valence-corrected chi connectivity index (χ0v) is 11.8. The molecule has 0 fully saturated rings. The van der Waals surface area contributed by atoms with E-state index in [4.69, 9.17) is 0 Å². The molecule has 94 valence electrons. The molecule has 3 aromatic rings. The first kappa shape index (κ1) is 12.0. The average molecular weight is 316 g/mol. The molecule has 0 saturated carbocycles. The number of aromatic nitrogens is 3. The van der Waals surface area contributed by atoms with E-state index in [1.54, 1.807) is 25.3 Å². The van der Waals surface area contributed by atoms with Gasteiger partial charge in [-0.25, -0.2) is 14.5 Å². The zero-order valence-electron chi connectivity index (χ0n) is 10.2. The molecule has 5 heteroatoms. The van der Waals surface area contributed by atoms with Crippen LogP contribution < -0.4 is 5.56 Å². The summed E-state index contributed by atoms with van der Waals surface area (Å²) in [4.78, 5) is 21.2. The molecule has 0 aliphatic heterocycles. The van der Waals surface area contributed by atoms with Crippen molar-refractivity contribution in [1.29, 1.82) is 0 Å². The number of nitrogens with zero attached hydrogens (tertiary/aromatic N) is 3. The second-order valence-corrected chi connectivity index (χ2v) is 5.06. The van der Waals surface area contributed by atoms with Gasteiger partial charge in [0.05, 0.1) is 10.9 Å². The number of hydrogen-bond donors (Lipinski definition) is 0. The van der Waals surface area contributed by atoms with Crippen molar-refractivity contribution in [3.05, 3.63) is 63.2 Å². The van der Waals surface area contributed by atoms with Gasteiger partial charge in [0, 0.05) is 10.7 Å². The van der Waals surface area contributed by atoms with Crippen LogP contribution in [0.2, 0.25) is 0 Å². The van der Waals surface area contributed by atoms with Gasteiger partial charge in [0.2, 0.25) is 0 Å². The van der Waals surface area contributed by atoms with Crippen molar-refractivity contribution >= 4 is 26.8 Å². The summed E-state index contributed by atoms with van der Waals surface area (Å²) in [5.41, 5.74) is 0.584. The van der Waals surface area contributed by atoms with Crippen molar-refractivity contribution in [2.24, 2.45) is 0 Å². The molecular weight excluding hydrogens is 306 g/mol. The number of aryl methyl sites for hydroxylation is 1. The van der Waals surface area contributed by atoms with Crippen LogP contribution in [0, 0.1) is 6.92 Å². The Morgan fingerprint density at radius 1 is 1.21 bits per heavy atom. The summed E-state index contributed by atoms with van der Waals surface area (Å²) in [6.07, 6.45) is 1.66. The third kappa shape index (κ3) is 2.06. The maximum Gasteiger partial charge on any atom is 0.267 e. The number of pyridine rings is 1. The van der Waals surface area contributed by atoms with Crippen molar-refractivity contribution in [1.82, 2.24) is 14.5 Å². The zero-order chi connectivity index (χ0) is 13.4. The Kier molecular flexibility index (Phi) is 2.91. The van der Waals surface area contributed by atoms with Gasteiger partial charge < -0.3 is 0 Å². The first-order valence-corrected chi connectivity index (χ1v) is 6.56. The Hall–Kier alpha value is -2.01. The third-order valence-corrected chi connectivity index (χ3v) is 3.37. The second-order valence-electron chi connectivity index (χ2n) is 4.15. The van der Waals surface area contributed by atoms with Gasteiger partial charge in [-0.3, -0.25) is 4.79 Å². The van der Waals surface area contributed by atoms with Crippen LogP contribution in [0.25, 0.3) is 16.7 Å². The monoisotopic (exact) mass is 315 g/mol. The van der Waals surface area contributed by atoms with Gasteiger partial charge in [-0.2, -0.15) is 0 Å². The molecule has 0 spiro atoms. The van der Waals surface area contributed by atoms with Crippen LogP contribution in [0.15, 0.2) is 51.9 Å². The van der Waals surface area contributed by atoms with E-state index in [0.29, 0.717) is 22.5 Å². The Balaban J connectivity index is 2.41. The summed E-state index contributed by atoms with van der Waals surface area (Å²) >= 11 is 3.37. The molecule has 0 saturated heterocycles. The minimum Gasteiger partial charge on any atom is -0.268 e. The topological polar surface area (TPSA) is 47.8 Å². The highest BCUT2D eigenvalue weighted by Gasteiger charge is 2.10. The quantitative estimate of drug-likeness (QED) is 0.693. The summed E-state index contributed by atoms with van der Waals surface area (Å²) in [7, 11) is 0. The van der Waals surface area contributed by atoms with E-state index in [9.17, 15) is 4.79 Å². The Morgan fingerprint density at radius 2 is 2.05 bits per heavy atom. The fourth-order valence-electron chi connectivity index (χ4n) is 2.02. The molecule has 0 amide bonds. The standard InChI is InChI=1S/C14H10BrN3O/c1-9-17-12-6-5-10(15)8-11(12)14(19)18(9)13-4-2-3-7-16-13/h2-8H,1H3. The van der Waals surface area contributed by atoms with E-state index in [1.165, 1.54) is 4.57 Å². The number of hydrogen-bond acceptors (Lipinski definition) is 3. The lowest BCUT2D eigenvalue weighted by Gasteiger charge is -2.09. The number of fused-ring (bicyclic) bond motifs is 1. The van der Waals surface area contributed by atoms with Crippen molar-refractivity contribution in [2.75, 3.05) is 0 Å². The molecule has 0 aliphatic carbocycles. The van der Waals surface area contributed by atoms with E-state index >= 15 is 0 Å². The first-order chi connectivity index (χ1) is 9.16. The smallest absolute Gasteiger partial charge is 0.267 e. The molecular formula is C14H10BrN3O. The number of benzene rings is 1. The van der Waals surface area contributed by atoms with Crippen LogP contribution in [-0.2, 0) is 0 Å². The summed E-state index contributed by atoms with van der Waals surface area (Å²) in [5, 5.41) is 0.575. The summed E-state index contributed by atoms with van der Waals surface area (Å²) in [6.45, 7) is 1.80. The van der Waals surface area contributed by atoms with Crippen molar-refractivity contribution in [2.45, 2.75) is 6.92 Å². The van der Waals surface area contributed by atoms with Gasteiger partial charge >= 0.3 is 0 Å². The number of rotatable bonds is 1. The predicted molar refractivity (Wildman–Crippen MR) is 77.6 cm³/mol. The Morgan fingerprint density at radius 3 is 2.79 bits per heavy atom. The van der Waals surface area contributed by atoms with Gasteiger partial charge in [0.15, 0.2) is 0 Å². The van der Waals surface area contributed by atoms with Crippen LogP contribution in [-0.4, -0.2) is 14.5 Å². The Labute approximate surface area is 117 Å². The maximum absolute atomic E-state index is 12.6. The molecule has 0 unspecified atom stereocenters. The highest BCUT2D eigenvalue weighted by Crippen LogP contribution is 2.16. The van der Waals surface area contributed by atoms with Crippen molar-refractivity contribution < 1.29 is 0 Å². The highest BCUT2D eigenvalue weighted by molar-refractivity contribution is 9.10. The van der Waals surface area contributed by atoms with Crippen molar-refractivity contribution in [3.8, 4) is 5.82 Å². The summed E-state index contributed by atoms with van der Waals surface area (Å²) in [6, 6.07) is 10.9. The van der Waals surface area contributed by atoms with Crippen molar-refractivity contribution in [3.63, 3.8) is 0 Å². The van der Waals surface area contributed by atoms with E-state index in [0.717, 1.165) is 4.47 Å². The molecule has 0 radical (unpaired) electrons. The van der Waals surface area contributed by atoms with Crippen LogP contribution in [0.5, 0.6) is 0 Å². The van der Waals surface area contributed by atoms with E-state index in [-0.39, 0.29) is 5.56 Å². The molecule has 1 aromatic carbocycles. The fourth-order valence-corrected chi connectivity index (χ4v) is 2.39. The summed E-state index contributed by atoms with van der Waals surface area (Å²) < 4.78 is 2.38. The maximum atomic E-state index is 12.6. The SMILES string of the molecule is Cc1nc2ccc(Br)cc2c(=O)n1-c1ccccn1. The van der Waals surface area contributed by atoms with E-state index < -0.39 is 0 Å². The normalized spacial score (nSPS) is 10.8. The first-order valence-electron chi connectivity index (χ1n) is 5.77. The second kappa shape index (κ2) is 4.59. The van der Waals surface area contributed by atoms with Crippen LogP contribution in [0.3, 0.4) is 0 Å². The average Bonchev–Trinajstić information content (AvgIpc) is 2.41. The molecule has 4 nitrogen and oxygen atoms in total. The van der Waals surface area contributed by atoms with E-state index in [2.05, 4.69) is 25.9 Å². The van der Waals surface area contributed by atoms with Crippen LogP contribution >= 0.6 is 15.9 Å². The lowest BCUT2D eigenvalue weighted by molar-refractivity contribution is 0.864. The lowest BCUT2D eigenvalue weighted by atomic mass is 10.2. The van der Waals surface area contributed by atoms with Gasteiger partial charge in [-0.05, 0) is 37.3 Å². The van der Waals surface area contributed by atoms with Gasteiger partial charge in [0.1, 0.15) is 11.6 Å². The minimum absolute atomic E-state index is 0.109. The Bertz CT molecular complexity index is 812. The largest absolute Gasteiger partial charge is 0.268 e. The van der Waals surface area contributed by atoms with E-state index in [1.807, 2.05) is 24.3 Å². The lowest BCUT2D eigenvalue weighted by Crippen LogP contribution is -2.23. The summed E-state index contributed by atoms with van der Waals surface area (Å²) in [5.74, 6) is 1.21. The van der Waals surface area contributed by atoms with Gasteiger partial charge in [-0.1, -0.05) is 22.0 Å². The molecule has 2 aromatic heterocycles. The molecule has 3 rings (SSSR count). The number of halogens is 1. The predicted octanol–water partition coefficient (Wildman–Crippen LogP) is 2.85. The fraction of sp³-hybridized carbons (Fsp3) is 0.0714. The van der Waals surface area contributed by atoms with Gasteiger partial charge in [-0.15, -0.1) is 0 Å². The van der Waals surface area contributed by atoms with Crippen LogP contribution in [0.4, 0.5) is 0 Å². The highest BCUT2D eigenvalue weighted by atomic mass is 79.9. The molecule has 0 N–H and O–H groups in total. The van der Waals surface area contributed by atoms with Crippen LogP contribution in [0.1, 0.15) is 5.82 Å². The molecule has 19 heavy (non-hydrogen) atoms. The molecule has 0 aliphatic rings.